The van der Waals surface area contributed by atoms with Crippen LogP contribution in [0.15, 0.2) is 42.5 Å². The van der Waals surface area contributed by atoms with Crippen LogP contribution < -0.4 is 9.47 Å². The van der Waals surface area contributed by atoms with Crippen molar-refractivity contribution in [2.45, 2.75) is 38.7 Å². The summed E-state index contributed by atoms with van der Waals surface area (Å²) in [5.74, 6) is 2.60. The second-order valence-electron chi connectivity index (χ2n) is 6.83. The standard InChI is InChI=1S/C21H24O3/c1-14-10-11-18-21(24-13-23-18)19(14)20-17(9-6-12-22-20)15(2)16-7-4-3-5-8-16/h3-5,7-8,10-11,15,17,20H,6,9,12-13H2,1-2H3. The first-order valence-corrected chi connectivity index (χ1v) is 8.81. The van der Waals surface area contributed by atoms with Crippen LogP contribution >= 0.6 is 0 Å². The summed E-state index contributed by atoms with van der Waals surface area (Å²) in [5, 5.41) is 0. The summed E-state index contributed by atoms with van der Waals surface area (Å²) in [6, 6.07) is 14.9. The predicted molar refractivity (Wildman–Crippen MR) is 93.6 cm³/mol. The molecule has 1 saturated heterocycles. The van der Waals surface area contributed by atoms with Gasteiger partial charge in [-0.05, 0) is 48.8 Å². The number of hydrogen-bond acceptors (Lipinski definition) is 3. The minimum Gasteiger partial charge on any atom is -0.454 e. The first-order chi connectivity index (χ1) is 11.8. The highest BCUT2D eigenvalue weighted by molar-refractivity contribution is 5.53. The summed E-state index contributed by atoms with van der Waals surface area (Å²) in [7, 11) is 0. The van der Waals surface area contributed by atoms with E-state index in [-0.39, 0.29) is 6.10 Å². The summed E-state index contributed by atoms with van der Waals surface area (Å²) >= 11 is 0. The van der Waals surface area contributed by atoms with Crippen molar-refractivity contribution in [3.05, 3.63) is 59.2 Å². The Kier molecular flexibility index (Phi) is 4.19. The molecule has 0 spiro atoms. The van der Waals surface area contributed by atoms with E-state index in [0.717, 1.165) is 24.5 Å². The molecular formula is C21H24O3. The van der Waals surface area contributed by atoms with Crippen molar-refractivity contribution in [2.75, 3.05) is 13.4 Å². The van der Waals surface area contributed by atoms with Gasteiger partial charge in [0.2, 0.25) is 6.79 Å². The molecule has 1 fully saturated rings. The number of ether oxygens (including phenoxy) is 3. The van der Waals surface area contributed by atoms with Crippen molar-refractivity contribution in [1.29, 1.82) is 0 Å². The van der Waals surface area contributed by atoms with Crippen molar-refractivity contribution in [3.8, 4) is 11.5 Å². The molecule has 3 unspecified atom stereocenters. The van der Waals surface area contributed by atoms with Gasteiger partial charge in [-0.3, -0.25) is 0 Å². The zero-order valence-corrected chi connectivity index (χ0v) is 14.3. The van der Waals surface area contributed by atoms with Gasteiger partial charge < -0.3 is 14.2 Å². The molecule has 3 atom stereocenters. The zero-order valence-electron chi connectivity index (χ0n) is 14.3. The van der Waals surface area contributed by atoms with Crippen LogP contribution in [0.2, 0.25) is 0 Å². The van der Waals surface area contributed by atoms with Gasteiger partial charge in [-0.2, -0.15) is 0 Å². The number of aryl methyl sites for hydroxylation is 1. The van der Waals surface area contributed by atoms with Gasteiger partial charge in [-0.1, -0.05) is 43.3 Å². The lowest BCUT2D eigenvalue weighted by Gasteiger charge is -2.37. The smallest absolute Gasteiger partial charge is 0.231 e. The summed E-state index contributed by atoms with van der Waals surface area (Å²) < 4.78 is 17.7. The van der Waals surface area contributed by atoms with Crippen molar-refractivity contribution in [1.82, 2.24) is 0 Å². The zero-order chi connectivity index (χ0) is 16.5. The van der Waals surface area contributed by atoms with Crippen LogP contribution in [0.25, 0.3) is 0 Å². The van der Waals surface area contributed by atoms with E-state index in [9.17, 15) is 0 Å². The highest BCUT2D eigenvalue weighted by atomic mass is 16.7. The lowest BCUT2D eigenvalue weighted by molar-refractivity contribution is -0.0374. The minimum atomic E-state index is 0.0607. The van der Waals surface area contributed by atoms with Gasteiger partial charge >= 0.3 is 0 Å². The van der Waals surface area contributed by atoms with Crippen molar-refractivity contribution >= 4 is 0 Å². The molecule has 0 N–H and O–H groups in total. The molecule has 0 aromatic heterocycles. The van der Waals surface area contributed by atoms with E-state index in [1.807, 2.05) is 6.07 Å². The Morgan fingerprint density at radius 2 is 1.88 bits per heavy atom. The van der Waals surface area contributed by atoms with Crippen LogP contribution in [0.4, 0.5) is 0 Å². The molecule has 24 heavy (non-hydrogen) atoms. The number of hydrogen-bond donors (Lipinski definition) is 0. The Hall–Kier alpha value is -2.00. The monoisotopic (exact) mass is 324 g/mol. The lowest BCUT2D eigenvalue weighted by Crippen LogP contribution is -2.27. The van der Waals surface area contributed by atoms with Gasteiger partial charge in [0.15, 0.2) is 11.5 Å². The molecule has 2 aliphatic heterocycles. The Bertz CT molecular complexity index is 711. The van der Waals surface area contributed by atoms with E-state index in [4.69, 9.17) is 14.2 Å². The second kappa shape index (κ2) is 6.48. The third-order valence-electron chi connectivity index (χ3n) is 5.42. The minimum absolute atomic E-state index is 0.0607. The van der Waals surface area contributed by atoms with Crippen LogP contribution in [0, 0.1) is 12.8 Å². The molecule has 3 heteroatoms. The molecule has 0 amide bonds. The maximum atomic E-state index is 6.29. The van der Waals surface area contributed by atoms with Crippen molar-refractivity contribution in [2.24, 2.45) is 5.92 Å². The molecule has 2 aliphatic rings. The summed E-state index contributed by atoms with van der Waals surface area (Å²) in [6.07, 6.45) is 2.35. The normalized spacial score (nSPS) is 23.9. The third-order valence-corrected chi connectivity index (χ3v) is 5.42. The SMILES string of the molecule is Cc1ccc2c(c1C1OCCCC1C(C)c1ccccc1)OCO2. The van der Waals surface area contributed by atoms with Crippen LogP contribution in [-0.4, -0.2) is 13.4 Å². The van der Waals surface area contributed by atoms with E-state index in [1.54, 1.807) is 0 Å². The fraction of sp³-hybridized carbons (Fsp3) is 0.429. The van der Waals surface area contributed by atoms with Crippen LogP contribution in [0.1, 0.15) is 48.5 Å². The molecule has 2 heterocycles. The molecule has 126 valence electrons. The van der Waals surface area contributed by atoms with Gasteiger partial charge in [0.05, 0.1) is 6.10 Å². The van der Waals surface area contributed by atoms with E-state index < -0.39 is 0 Å². The van der Waals surface area contributed by atoms with Crippen LogP contribution in [0.5, 0.6) is 11.5 Å². The van der Waals surface area contributed by atoms with Gasteiger partial charge in [0.25, 0.3) is 0 Å². The predicted octanol–water partition coefficient (Wildman–Crippen LogP) is 5.00. The Balaban J connectivity index is 1.72. The van der Waals surface area contributed by atoms with E-state index in [2.05, 4.69) is 50.2 Å². The average molecular weight is 324 g/mol. The van der Waals surface area contributed by atoms with Gasteiger partial charge in [0.1, 0.15) is 0 Å². The van der Waals surface area contributed by atoms with Gasteiger partial charge in [-0.15, -0.1) is 0 Å². The van der Waals surface area contributed by atoms with E-state index >= 15 is 0 Å². The molecule has 4 rings (SSSR count). The summed E-state index contributed by atoms with van der Waals surface area (Å²) in [5.41, 5.74) is 3.77. The first-order valence-electron chi connectivity index (χ1n) is 8.81. The Morgan fingerprint density at radius 1 is 1.04 bits per heavy atom. The average Bonchev–Trinajstić information content (AvgIpc) is 3.10. The van der Waals surface area contributed by atoms with E-state index in [1.165, 1.54) is 23.1 Å². The van der Waals surface area contributed by atoms with Crippen LogP contribution in [0.3, 0.4) is 0 Å². The molecule has 0 radical (unpaired) electrons. The molecular weight excluding hydrogens is 300 g/mol. The second-order valence-corrected chi connectivity index (χ2v) is 6.83. The Morgan fingerprint density at radius 3 is 2.71 bits per heavy atom. The largest absolute Gasteiger partial charge is 0.454 e. The maximum Gasteiger partial charge on any atom is 0.231 e. The molecule has 3 nitrogen and oxygen atoms in total. The molecule has 2 aromatic rings. The number of fused-ring (bicyclic) bond motifs is 1. The number of benzene rings is 2. The summed E-state index contributed by atoms with van der Waals surface area (Å²) in [6.45, 7) is 5.57. The third kappa shape index (κ3) is 2.67. The molecule has 2 aromatic carbocycles. The van der Waals surface area contributed by atoms with Crippen molar-refractivity contribution in [3.63, 3.8) is 0 Å². The summed E-state index contributed by atoms with van der Waals surface area (Å²) in [4.78, 5) is 0. The first kappa shape index (κ1) is 15.5. The van der Waals surface area contributed by atoms with Gasteiger partial charge in [-0.25, -0.2) is 0 Å². The number of rotatable bonds is 3. The maximum absolute atomic E-state index is 6.29. The molecule has 0 saturated carbocycles. The fourth-order valence-electron chi connectivity index (χ4n) is 4.06. The Labute approximate surface area is 143 Å². The van der Waals surface area contributed by atoms with Crippen molar-refractivity contribution < 1.29 is 14.2 Å². The lowest BCUT2D eigenvalue weighted by atomic mass is 9.76. The highest BCUT2D eigenvalue weighted by Gasteiger charge is 2.36. The quantitative estimate of drug-likeness (QED) is 0.795. The van der Waals surface area contributed by atoms with Gasteiger partial charge in [0, 0.05) is 12.2 Å². The highest BCUT2D eigenvalue weighted by Crippen LogP contribution is 2.49. The fourth-order valence-corrected chi connectivity index (χ4v) is 4.06. The van der Waals surface area contributed by atoms with Crippen LogP contribution in [-0.2, 0) is 4.74 Å². The molecule has 0 aliphatic carbocycles. The van der Waals surface area contributed by atoms with E-state index in [0.29, 0.717) is 18.6 Å². The topological polar surface area (TPSA) is 27.7 Å². The molecule has 0 bridgehead atoms.